The first-order chi connectivity index (χ1) is 7.79. The Morgan fingerprint density at radius 3 is 2.69 bits per heavy atom. The Morgan fingerprint density at radius 1 is 1.38 bits per heavy atom. The Morgan fingerprint density at radius 2 is 2.06 bits per heavy atom. The standard InChI is InChI=1S/C12H14FNO2/c13-6-11-7-14(8-11)12(15)16-9-10-4-2-1-3-5-10/h1-5,11H,6-9H2. The largest absolute Gasteiger partial charge is 0.445 e. The summed E-state index contributed by atoms with van der Waals surface area (Å²) >= 11 is 0. The fourth-order valence-electron chi connectivity index (χ4n) is 1.63. The second kappa shape index (κ2) is 4.96. The summed E-state index contributed by atoms with van der Waals surface area (Å²) in [7, 11) is 0. The van der Waals surface area contributed by atoms with Gasteiger partial charge in [0.1, 0.15) is 6.61 Å². The molecule has 0 spiro atoms. The quantitative estimate of drug-likeness (QED) is 0.786. The van der Waals surface area contributed by atoms with Crippen LogP contribution in [-0.4, -0.2) is 30.8 Å². The highest BCUT2D eigenvalue weighted by Gasteiger charge is 2.31. The number of benzene rings is 1. The maximum absolute atomic E-state index is 12.1. The Labute approximate surface area is 93.8 Å². The molecular weight excluding hydrogens is 209 g/mol. The fourth-order valence-corrected chi connectivity index (χ4v) is 1.63. The number of hydrogen-bond acceptors (Lipinski definition) is 2. The molecule has 1 aliphatic rings. The summed E-state index contributed by atoms with van der Waals surface area (Å²) < 4.78 is 17.2. The average molecular weight is 223 g/mol. The molecule has 0 N–H and O–H groups in total. The van der Waals surface area contributed by atoms with Crippen LogP contribution < -0.4 is 0 Å². The van der Waals surface area contributed by atoms with Crippen LogP contribution in [0.25, 0.3) is 0 Å². The summed E-state index contributed by atoms with van der Waals surface area (Å²) in [5, 5.41) is 0. The van der Waals surface area contributed by atoms with Gasteiger partial charge in [0.25, 0.3) is 0 Å². The highest BCUT2D eigenvalue weighted by molar-refractivity contribution is 5.68. The number of likely N-dealkylation sites (tertiary alicyclic amines) is 1. The molecule has 1 saturated heterocycles. The van der Waals surface area contributed by atoms with E-state index in [1.807, 2.05) is 30.3 Å². The van der Waals surface area contributed by atoms with E-state index in [1.54, 1.807) is 0 Å². The number of rotatable bonds is 3. The van der Waals surface area contributed by atoms with E-state index >= 15 is 0 Å². The zero-order chi connectivity index (χ0) is 11.4. The van der Waals surface area contributed by atoms with Crippen LogP contribution in [-0.2, 0) is 11.3 Å². The summed E-state index contributed by atoms with van der Waals surface area (Å²) in [6.45, 7) is 0.868. The average Bonchev–Trinajstić information content (AvgIpc) is 2.26. The molecule has 0 saturated carbocycles. The molecule has 0 atom stereocenters. The predicted octanol–water partition coefficient (Wildman–Crippen LogP) is 2.22. The minimum absolute atomic E-state index is 0.00396. The molecule has 0 bridgehead atoms. The van der Waals surface area contributed by atoms with Gasteiger partial charge in [0.2, 0.25) is 0 Å². The number of carbonyl (C=O) groups excluding carboxylic acids is 1. The minimum atomic E-state index is -0.359. The molecule has 2 rings (SSSR count). The fraction of sp³-hybridized carbons (Fsp3) is 0.417. The van der Waals surface area contributed by atoms with Crippen molar-refractivity contribution in [3.8, 4) is 0 Å². The Hall–Kier alpha value is -1.58. The van der Waals surface area contributed by atoms with E-state index in [2.05, 4.69) is 0 Å². The van der Waals surface area contributed by atoms with Gasteiger partial charge in [-0.25, -0.2) is 4.79 Å². The van der Waals surface area contributed by atoms with Gasteiger partial charge in [-0.2, -0.15) is 0 Å². The van der Waals surface area contributed by atoms with Crippen molar-refractivity contribution in [3.05, 3.63) is 35.9 Å². The number of nitrogens with zero attached hydrogens (tertiary/aromatic N) is 1. The van der Waals surface area contributed by atoms with E-state index in [9.17, 15) is 9.18 Å². The first-order valence-corrected chi connectivity index (χ1v) is 5.31. The lowest BCUT2D eigenvalue weighted by Gasteiger charge is -2.36. The summed E-state index contributed by atoms with van der Waals surface area (Å²) in [6, 6.07) is 9.49. The van der Waals surface area contributed by atoms with E-state index < -0.39 is 0 Å². The number of hydrogen-bond donors (Lipinski definition) is 0. The first kappa shape index (κ1) is 10.9. The molecular formula is C12H14FNO2. The molecule has 1 aliphatic heterocycles. The van der Waals surface area contributed by atoms with E-state index in [-0.39, 0.29) is 25.3 Å². The zero-order valence-electron chi connectivity index (χ0n) is 8.93. The molecule has 4 heteroatoms. The summed E-state index contributed by atoms with van der Waals surface area (Å²) in [5.41, 5.74) is 0.957. The van der Waals surface area contributed by atoms with Crippen molar-refractivity contribution < 1.29 is 13.9 Å². The van der Waals surface area contributed by atoms with Crippen LogP contribution in [0, 0.1) is 5.92 Å². The second-order valence-electron chi connectivity index (χ2n) is 3.97. The second-order valence-corrected chi connectivity index (χ2v) is 3.97. The molecule has 1 aromatic carbocycles. The third-order valence-corrected chi connectivity index (χ3v) is 2.64. The number of alkyl halides is 1. The van der Waals surface area contributed by atoms with Crippen molar-refractivity contribution in [2.24, 2.45) is 5.92 Å². The van der Waals surface area contributed by atoms with E-state index in [1.165, 1.54) is 4.90 Å². The van der Waals surface area contributed by atoms with Crippen molar-refractivity contribution in [2.45, 2.75) is 6.61 Å². The predicted molar refractivity (Wildman–Crippen MR) is 57.7 cm³/mol. The van der Waals surface area contributed by atoms with Crippen molar-refractivity contribution in [1.29, 1.82) is 0 Å². The van der Waals surface area contributed by atoms with Gasteiger partial charge in [0, 0.05) is 19.0 Å². The molecule has 3 nitrogen and oxygen atoms in total. The van der Waals surface area contributed by atoms with Crippen LogP contribution in [0.3, 0.4) is 0 Å². The van der Waals surface area contributed by atoms with Crippen molar-refractivity contribution in [2.75, 3.05) is 19.8 Å². The van der Waals surface area contributed by atoms with Gasteiger partial charge in [0.05, 0.1) is 6.67 Å². The molecule has 0 aromatic heterocycles. The number of halogens is 1. The van der Waals surface area contributed by atoms with Gasteiger partial charge in [-0.05, 0) is 5.56 Å². The van der Waals surface area contributed by atoms with E-state index in [0.717, 1.165) is 5.56 Å². The maximum atomic E-state index is 12.1. The van der Waals surface area contributed by atoms with Crippen molar-refractivity contribution >= 4 is 6.09 Å². The number of carbonyl (C=O) groups is 1. The SMILES string of the molecule is O=C(OCc1ccccc1)N1CC(CF)C1. The topological polar surface area (TPSA) is 29.5 Å². The lowest BCUT2D eigenvalue weighted by molar-refractivity contribution is 0.0423. The van der Waals surface area contributed by atoms with Crippen LogP contribution in [0.5, 0.6) is 0 Å². The van der Waals surface area contributed by atoms with E-state index in [4.69, 9.17) is 4.74 Å². The van der Waals surface area contributed by atoms with Crippen LogP contribution in [0.2, 0.25) is 0 Å². The van der Waals surface area contributed by atoms with Gasteiger partial charge in [-0.15, -0.1) is 0 Å². The molecule has 0 unspecified atom stereocenters. The van der Waals surface area contributed by atoms with Gasteiger partial charge >= 0.3 is 6.09 Å². The highest BCUT2D eigenvalue weighted by Crippen LogP contribution is 2.17. The maximum Gasteiger partial charge on any atom is 0.410 e. The molecule has 86 valence electrons. The minimum Gasteiger partial charge on any atom is -0.445 e. The molecule has 1 aromatic rings. The highest BCUT2D eigenvalue weighted by atomic mass is 19.1. The summed E-state index contributed by atoms with van der Waals surface area (Å²) in [5.74, 6) is 0.00396. The number of ether oxygens (including phenoxy) is 1. The summed E-state index contributed by atoms with van der Waals surface area (Å²) in [6.07, 6.45) is -0.353. The normalized spacial score (nSPS) is 15.7. The lowest BCUT2D eigenvalue weighted by atomic mass is 10.0. The Kier molecular flexibility index (Phi) is 3.39. The monoisotopic (exact) mass is 223 g/mol. The van der Waals surface area contributed by atoms with Gasteiger partial charge in [-0.1, -0.05) is 30.3 Å². The van der Waals surface area contributed by atoms with Crippen LogP contribution in [0.1, 0.15) is 5.56 Å². The Bertz CT molecular complexity index is 349. The summed E-state index contributed by atoms with van der Waals surface area (Å²) in [4.78, 5) is 13.0. The van der Waals surface area contributed by atoms with Crippen LogP contribution in [0.15, 0.2) is 30.3 Å². The molecule has 0 radical (unpaired) electrons. The first-order valence-electron chi connectivity index (χ1n) is 5.31. The van der Waals surface area contributed by atoms with Gasteiger partial charge < -0.3 is 9.64 Å². The van der Waals surface area contributed by atoms with Gasteiger partial charge in [-0.3, -0.25) is 4.39 Å². The third kappa shape index (κ3) is 2.51. The molecule has 1 fully saturated rings. The molecule has 1 amide bonds. The molecule has 1 heterocycles. The Balaban J connectivity index is 1.73. The van der Waals surface area contributed by atoms with Crippen LogP contribution >= 0.6 is 0 Å². The van der Waals surface area contributed by atoms with Crippen molar-refractivity contribution in [1.82, 2.24) is 4.90 Å². The van der Waals surface area contributed by atoms with E-state index in [0.29, 0.717) is 13.1 Å². The zero-order valence-corrected chi connectivity index (χ0v) is 8.93. The lowest BCUT2D eigenvalue weighted by Crippen LogP contribution is -2.50. The molecule has 16 heavy (non-hydrogen) atoms. The third-order valence-electron chi connectivity index (χ3n) is 2.64. The smallest absolute Gasteiger partial charge is 0.410 e. The van der Waals surface area contributed by atoms with Crippen LogP contribution in [0.4, 0.5) is 9.18 Å². The number of amides is 1. The van der Waals surface area contributed by atoms with Gasteiger partial charge in [0.15, 0.2) is 0 Å². The van der Waals surface area contributed by atoms with Crippen molar-refractivity contribution in [3.63, 3.8) is 0 Å². The molecule has 0 aliphatic carbocycles.